The molecule has 0 saturated heterocycles. The van der Waals surface area contributed by atoms with Crippen molar-refractivity contribution in [1.82, 2.24) is 10.3 Å². The minimum atomic E-state index is 0.374. The van der Waals surface area contributed by atoms with Crippen molar-refractivity contribution in [1.29, 1.82) is 0 Å². The highest BCUT2D eigenvalue weighted by Gasteiger charge is 2.15. The number of aryl methyl sites for hydroxylation is 1. The molecule has 2 heterocycles. The first kappa shape index (κ1) is 15.7. The molecule has 0 saturated carbocycles. The van der Waals surface area contributed by atoms with Gasteiger partial charge in [0.1, 0.15) is 0 Å². The molecule has 0 aliphatic heterocycles. The molecule has 1 N–H and O–H groups in total. The number of hydrogen-bond acceptors (Lipinski definition) is 3. The van der Waals surface area contributed by atoms with Crippen LogP contribution in [0.3, 0.4) is 0 Å². The van der Waals surface area contributed by atoms with Crippen molar-refractivity contribution in [3.63, 3.8) is 0 Å². The van der Waals surface area contributed by atoms with Gasteiger partial charge in [-0.25, -0.2) is 0 Å². The average molecular weight is 353 g/mol. The van der Waals surface area contributed by atoms with Gasteiger partial charge in [-0.3, -0.25) is 4.98 Å². The summed E-state index contributed by atoms with van der Waals surface area (Å²) in [5.74, 6) is 0. The molecular weight excluding hydrogens is 332 g/mol. The van der Waals surface area contributed by atoms with Crippen LogP contribution in [0.5, 0.6) is 0 Å². The van der Waals surface area contributed by atoms with Gasteiger partial charge >= 0.3 is 0 Å². The maximum Gasteiger partial charge on any atom is 0.0701 e. The molecule has 2 aromatic rings. The van der Waals surface area contributed by atoms with E-state index in [0.29, 0.717) is 6.04 Å². The van der Waals surface area contributed by atoms with Crippen LogP contribution in [0.15, 0.2) is 34.4 Å². The average Bonchev–Trinajstić information content (AvgIpc) is 2.88. The number of pyridine rings is 1. The second-order valence-electron chi connectivity index (χ2n) is 4.84. The number of aromatic nitrogens is 1. The molecule has 2 rings (SSSR count). The molecule has 0 spiro atoms. The van der Waals surface area contributed by atoms with E-state index in [0.717, 1.165) is 25.8 Å². The van der Waals surface area contributed by atoms with E-state index >= 15 is 0 Å². The van der Waals surface area contributed by atoms with Gasteiger partial charge in [-0.2, -0.15) is 0 Å². The Morgan fingerprint density at radius 2 is 2.15 bits per heavy atom. The molecule has 0 bridgehead atoms. The van der Waals surface area contributed by atoms with E-state index in [1.807, 2.05) is 23.7 Å². The van der Waals surface area contributed by atoms with Gasteiger partial charge in [0, 0.05) is 29.7 Å². The van der Waals surface area contributed by atoms with Crippen LogP contribution in [0.4, 0.5) is 0 Å². The molecule has 1 unspecified atom stereocenters. The van der Waals surface area contributed by atoms with Crippen molar-refractivity contribution in [3.05, 3.63) is 50.4 Å². The number of hydrogen-bond donors (Lipinski definition) is 1. The Morgan fingerprint density at radius 1 is 1.30 bits per heavy atom. The highest BCUT2D eigenvalue weighted by Crippen LogP contribution is 2.28. The van der Waals surface area contributed by atoms with Crippen molar-refractivity contribution < 1.29 is 0 Å². The standard InChI is InChI=1S/C16H21BrN2S/c1-3-8-19-15(10-13-5-6-16(17)20-13)14-7-9-18-11-12(14)4-2/h5-7,9,11,15,19H,3-4,8,10H2,1-2H3. The highest BCUT2D eigenvalue weighted by molar-refractivity contribution is 9.11. The molecule has 0 fully saturated rings. The van der Waals surface area contributed by atoms with Gasteiger partial charge in [-0.15, -0.1) is 11.3 Å². The first-order valence-corrected chi connectivity index (χ1v) is 8.75. The third kappa shape index (κ3) is 4.14. The highest BCUT2D eigenvalue weighted by atomic mass is 79.9. The minimum Gasteiger partial charge on any atom is -0.310 e. The molecule has 2 aromatic heterocycles. The quantitative estimate of drug-likeness (QED) is 0.777. The Morgan fingerprint density at radius 3 is 2.80 bits per heavy atom. The topological polar surface area (TPSA) is 24.9 Å². The third-order valence-corrected chi connectivity index (χ3v) is 5.02. The first-order chi connectivity index (χ1) is 9.74. The fourth-order valence-corrected chi connectivity index (χ4v) is 3.88. The van der Waals surface area contributed by atoms with Crippen LogP contribution in [0, 0.1) is 0 Å². The molecule has 0 radical (unpaired) electrons. The Hall–Kier alpha value is -0.710. The van der Waals surface area contributed by atoms with Crippen LogP contribution in [-0.4, -0.2) is 11.5 Å². The second-order valence-corrected chi connectivity index (χ2v) is 7.39. The van der Waals surface area contributed by atoms with E-state index in [4.69, 9.17) is 0 Å². The molecule has 0 aliphatic carbocycles. The van der Waals surface area contributed by atoms with Crippen LogP contribution < -0.4 is 5.32 Å². The summed E-state index contributed by atoms with van der Waals surface area (Å²) in [7, 11) is 0. The summed E-state index contributed by atoms with van der Waals surface area (Å²) in [5, 5.41) is 3.68. The molecule has 0 amide bonds. The van der Waals surface area contributed by atoms with Gasteiger partial charge in [0.25, 0.3) is 0 Å². The number of nitrogens with one attached hydrogen (secondary N) is 1. The number of thiophene rings is 1. The normalized spacial score (nSPS) is 12.6. The van der Waals surface area contributed by atoms with Gasteiger partial charge in [0.05, 0.1) is 3.79 Å². The smallest absolute Gasteiger partial charge is 0.0701 e. The zero-order chi connectivity index (χ0) is 14.4. The van der Waals surface area contributed by atoms with Crippen LogP contribution in [-0.2, 0) is 12.8 Å². The molecule has 4 heteroatoms. The zero-order valence-corrected chi connectivity index (χ0v) is 14.4. The molecule has 1 atom stereocenters. The van der Waals surface area contributed by atoms with Gasteiger partial charge in [0.2, 0.25) is 0 Å². The first-order valence-electron chi connectivity index (χ1n) is 7.15. The molecule has 0 aromatic carbocycles. The van der Waals surface area contributed by atoms with Crippen molar-refractivity contribution >= 4 is 27.3 Å². The SMILES string of the molecule is CCCNC(Cc1ccc(Br)s1)c1ccncc1CC. The maximum absolute atomic E-state index is 4.26. The third-order valence-electron chi connectivity index (χ3n) is 3.37. The number of halogens is 1. The maximum atomic E-state index is 4.26. The monoisotopic (exact) mass is 352 g/mol. The summed E-state index contributed by atoms with van der Waals surface area (Å²) in [5.41, 5.74) is 2.73. The minimum absolute atomic E-state index is 0.374. The molecule has 2 nitrogen and oxygen atoms in total. The summed E-state index contributed by atoms with van der Waals surface area (Å²) in [6, 6.07) is 6.87. The van der Waals surface area contributed by atoms with Crippen LogP contribution >= 0.6 is 27.3 Å². The van der Waals surface area contributed by atoms with Crippen LogP contribution in [0.2, 0.25) is 0 Å². The Bertz CT molecular complexity index is 539. The van der Waals surface area contributed by atoms with Crippen molar-refractivity contribution in [2.75, 3.05) is 6.54 Å². The second kappa shape index (κ2) is 7.91. The van der Waals surface area contributed by atoms with Crippen LogP contribution in [0.1, 0.15) is 42.3 Å². The van der Waals surface area contributed by atoms with E-state index in [1.54, 1.807) is 0 Å². The lowest BCUT2D eigenvalue weighted by Gasteiger charge is -2.21. The molecular formula is C16H21BrN2S. The van der Waals surface area contributed by atoms with Gasteiger partial charge in [-0.1, -0.05) is 13.8 Å². The largest absolute Gasteiger partial charge is 0.310 e. The summed E-state index contributed by atoms with van der Waals surface area (Å²) in [4.78, 5) is 5.66. The van der Waals surface area contributed by atoms with E-state index in [1.165, 1.54) is 19.8 Å². The summed E-state index contributed by atoms with van der Waals surface area (Å²) >= 11 is 5.37. The van der Waals surface area contributed by atoms with Crippen molar-refractivity contribution in [2.45, 2.75) is 39.2 Å². The fourth-order valence-electron chi connectivity index (χ4n) is 2.35. The van der Waals surface area contributed by atoms with Crippen molar-refractivity contribution in [3.8, 4) is 0 Å². The molecule has 0 aliphatic rings. The van der Waals surface area contributed by atoms with Gasteiger partial charge in [-0.05, 0) is 64.6 Å². The van der Waals surface area contributed by atoms with E-state index in [2.05, 4.69) is 58.3 Å². The predicted octanol–water partition coefficient (Wildman–Crippen LogP) is 4.75. The Balaban J connectivity index is 2.22. The lowest BCUT2D eigenvalue weighted by molar-refractivity contribution is 0.528. The number of rotatable bonds is 7. The molecule has 108 valence electrons. The van der Waals surface area contributed by atoms with Crippen molar-refractivity contribution in [2.24, 2.45) is 0 Å². The Kier molecular flexibility index (Phi) is 6.20. The summed E-state index contributed by atoms with van der Waals surface area (Å²) in [6.07, 6.45) is 7.12. The molecule has 20 heavy (non-hydrogen) atoms. The zero-order valence-electron chi connectivity index (χ0n) is 12.0. The van der Waals surface area contributed by atoms with E-state index in [9.17, 15) is 0 Å². The summed E-state index contributed by atoms with van der Waals surface area (Å²) in [6.45, 7) is 5.45. The lowest BCUT2D eigenvalue weighted by Crippen LogP contribution is -2.25. The van der Waals surface area contributed by atoms with E-state index in [-0.39, 0.29) is 0 Å². The predicted molar refractivity (Wildman–Crippen MR) is 90.4 cm³/mol. The Labute approximate surface area is 133 Å². The number of nitrogens with zero attached hydrogens (tertiary/aromatic N) is 1. The van der Waals surface area contributed by atoms with E-state index < -0.39 is 0 Å². The van der Waals surface area contributed by atoms with Gasteiger partial charge in [0.15, 0.2) is 0 Å². The van der Waals surface area contributed by atoms with Crippen LogP contribution in [0.25, 0.3) is 0 Å². The fraction of sp³-hybridized carbons (Fsp3) is 0.438. The summed E-state index contributed by atoms with van der Waals surface area (Å²) < 4.78 is 1.20. The van der Waals surface area contributed by atoms with Gasteiger partial charge < -0.3 is 5.32 Å². The lowest BCUT2D eigenvalue weighted by atomic mass is 9.97.